The summed E-state index contributed by atoms with van der Waals surface area (Å²) in [6, 6.07) is 13.3. The van der Waals surface area contributed by atoms with Crippen LogP contribution in [0.15, 0.2) is 53.6 Å². The highest BCUT2D eigenvalue weighted by Crippen LogP contribution is 2.20. The number of benzene rings is 2. The minimum absolute atomic E-state index is 0.00628. The van der Waals surface area contributed by atoms with Gasteiger partial charge in [0.05, 0.1) is 16.9 Å². The molecule has 24 heavy (non-hydrogen) atoms. The summed E-state index contributed by atoms with van der Waals surface area (Å²) in [5, 5.41) is 16.1. The minimum atomic E-state index is -0.388. The Hall–Kier alpha value is -2.86. The predicted molar refractivity (Wildman–Crippen MR) is 93.2 cm³/mol. The zero-order chi connectivity index (χ0) is 17.4. The van der Waals surface area contributed by atoms with E-state index in [4.69, 9.17) is 11.6 Å². The van der Waals surface area contributed by atoms with Gasteiger partial charge in [-0.25, -0.2) is 5.43 Å². The highest BCUT2D eigenvalue weighted by molar-refractivity contribution is 6.33. The lowest BCUT2D eigenvalue weighted by Gasteiger charge is -2.06. The van der Waals surface area contributed by atoms with Crippen LogP contribution in [0.2, 0.25) is 5.02 Å². The average molecular weight is 346 g/mol. The Morgan fingerprint density at radius 2 is 1.83 bits per heavy atom. The molecule has 0 bridgehead atoms. The number of para-hydroxylation sites is 1. The Bertz CT molecular complexity index is 762. The summed E-state index contributed by atoms with van der Waals surface area (Å²) in [5.41, 5.74) is 3.48. The van der Waals surface area contributed by atoms with Crippen LogP contribution in [0, 0.1) is 0 Å². The van der Waals surface area contributed by atoms with Gasteiger partial charge in [-0.1, -0.05) is 35.9 Å². The van der Waals surface area contributed by atoms with E-state index < -0.39 is 0 Å². The van der Waals surface area contributed by atoms with Gasteiger partial charge in [0.2, 0.25) is 11.8 Å². The first-order chi connectivity index (χ1) is 11.5. The molecule has 0 spiro atoms. The quantitative estimate of drug-likeness (QED) is 0.555. The predicted octanol–water partition coefficient (Wildman–Crippen LogP) is 2.91. The normalized spacial score (nSPS) is 10.5. The number of hydrazone groups is 1. The van der Waals surface area contributed by atoms with Gasteiger partial charge in [-0.05, 0) is 29.8 Å². The number of carbonyl (C=O) groups is 2. The van der Waals surface area contributed by atoms with Crippen molar-refractivity contribution in [3.8, 4) is 5.75 Å². The standard InChI is InChI=1S/C17H16ClN3O3/c18-14-6-1-2-7-15(14)20-16(23)8-9-17(24)21-19-11-12-4-3-5-13(22)10-12/h1-7,10-11,22H,8-9H2,(H,20,23)(H,21,24). The van der Waals surface area contributed by atoms with Crippen LogP contribution in [-0.2, 0) is 9.59 Å². The molecule has 2 aromatic rings. The summed E-state index contributed by atoms with van der Waals surface area (Å²) in [5.74, 6) is -0.586. The van der Waals surface area contributed by atoms with Gasteiger partial charge >= 0.3 is 0 Å². The molecule has 2 aromatic carbocycles. The summed E-state index contributed by atoms with van der Waals surface area (Å²) >= 11 is 5.94. The topological polar surface area (TPSA) is 90.8 Å². The molecular formula is C17H16ClN3O3. The number of phenols is 1. The Morgan fingerprint density at radius 3 is 2.58 bits per heavy atom. The molecule has 0 aliphatic carbocycles. The number of rotatable bonds is 6. The van der Waals surface area contributed by atoms with E-state index in [9.17, 15) is 14.7 Å². The summed E-state index contributed by atoms with van der Waals surface area (Å²) < 4.78 is 0. The molecule has 2 rings (SSSR count). The van der Waals surface area contributed by atoms with Gasteiger partial charge in [-0.2, -0.15) is 5.10 Å². The van der Waals surface area contributed by atoms with Gasteiger partial charge in [-0.15, -0.1) is 0 Å². The van der Waals surface area contributed by atoms with Crippen LogP contribution >= 0.6 is 11.6 Å². The second kappa shape index (κ2) is 8.69. The fraction of sp³-hybridized carbons (Fsp3) is 0.118. The summed E-state index contributed by atoms with van der Waals surface area (Å²) in [6.07, 6.45) is 1.41. The number of anilines is 1. The minimum Gasteiger partial charge on any atom is -0.508 e. The summed E-state index contributed by atoms with van der Waals surface area (Å²) in [7, 11) is 0. The number of carbonyl (C=O) groups excluding carboxylic acids is 2. The van der Waals surface area contributed by atoms with Gasteiger partial charge in [0.1, 0.15) is 5.75 Å². The Kier molecular flexibility index (Phi) is 6.33. The number of hydrogen-bond donors (Lipinski definition) is 3. The van der Waals surface area contributed by atoms with Gasteiger partial charge in [-0.3, -0.25) is 9.59 Å². The Morgan fingerprint density at radius 1 is 1.08 bits per heavy atom. The molecule has 0 saturated carbocycles. The first kappa shape index (κ1) is 17.5. The van der Waals surface area contributed by atoms with Crippen molar-refractivity contribution < 1.29 is 14.7 Å². The van der Waals surface area contributed by atoms with E-state index in [0.29, 0.717) is 16.3 Å². The SMILES string of the molecule is O=C(CCC(=O)Nc1ccccc1Cl)NN=Cc1cccc(O)c1. The van der Waals surface area contributed by atoms with E-state index in [1.54, 1.807) is 36.4 Å². The Balaban J connectivity index is 1.75. The van der Waals surface area contributed by atoms with Crippen molar-refractivity contribution >= 4 is 35.3 Å². The Labute approximate surface area is 144 Å². The van der Waals surface area contributed by atoms with Crippen LogP contribution in [-0.4, -0.2) is 23.1 Å². The van der Waals surface area contributed by atoms with Crippen molar-refractivity contribution in [2.24, 2.45) is 5.10 Å². The second-order valence-electron chi connectivity index (χ2n) is 4.92. The highest BCUT2D eigenvalue weighted by atomic mass is 35.5. The molecule has 0 radical (unpaired) electrons. The lowest BCUT2D eigenvalue weighted by Crippen LogP contribution is -2.20. The van der Waals surface area contributed by atoms with Crippen molar-refractivity contribution in [2.75, 3.05) is 5.32 Å². The number of nitrogens with one attached hydrogen (secondary N) is 2. The number of amides is 2. The highest BCUT2D eigenvalue weighted by Gasteiger charge is 2.08. The molecule has 0 heterocycles. The molecule has 0 saturated heterocycles. The largest absolute Gasteiger partial charge is 0.508 e. The van der Waals surface area contributed by atoms with E-state index in [-0.39, 0.29) is 30.4 Å². The maximum absolute atomic E-state index is 11.8. The molecule has 2 amide bonds. The van der Waals surface area contributed by atoms with E-state index in [1.807, 2.05) is 0 Å². The van der Waals surface area contributed by atoms with Crippen LogP contribution < -0.4 is 10.7 Å². The van der Waals surface area contributed by atoms with Gasteiger partial charge in [0.25, 0.3) is 0 Å². The number of aromatic hydroxyl groups is 1. The van der Waals surface area contributed by atoms with Crippen molar-refractivity contribution in [1.29, 1.82) is 0 Å². The van der Waals surface area contributed by atoms with Crippen molar-refractivity contribution in [3.63, 3.8) is 0 Å². The van der Waals surface area contributed by atoms with E-state index >= 15 is 0 Å². The molecule has 0 aliphatic heterocycles. The lowest BCUT2D eigenvalue weighted by atomic mass is 10.2. The fourth-order valence-electron chi connectivity index (χ4n) is 1.84. The van der Waals surface area contributed by atoms with Crippen molar-refractivity contribution in [2.45, 2.75) is 12.8 Å². The first-order valence-corrected chi connectivity index (χ1v) is 7.58. The second-order valence-corrected chi connectivity index (χ2v) is 5.32. The maximum atomic E-state index is 11.8. The van der Waals surface area contributed by atoms with Crippen molar-refractivity contribution in [3.05, 3.63) is 59.1 Å². The molecule has 0 fully saturated rings. The van der Waals surface area contributed by atoms with Gasteiger partial charge in [0, 0.05) is 12.8 Å². The maximum Gasteiger partial charge on any atom is 0.240 e. The first-order valence-electron chi connectivity index (χ1n) is 7.20. The van der Waals surface area contributed by atoms with E-state index in [2.05, 4.69) is 15.8 Å². The molecular weight excluding hydrogens is 330 g/mol. The number of halogens is 1. The molecule has 0 atom stereocenters. The van der Waals surface area contributed by atoms with E-state index in [1.165, 1.54) is 18.3 Å². The smallest absolute Gasteiger partial charge is 0.240 e. The molecule has 124 valence electrons. The van der Waals surface area contributed by atoms with Crippen LogP contribution in [0.5, 0.6) is 5.75 Å². The van der Waals surface area contributed by atoms with Crippen LogP contribution in [0.1, 0.15) is 18.4 Å². The fourth-order valence-corrected chi connectivity index (χ4v) is 2.03. The van der Waals surface area contributed by atoms with Crippen LogP contribution in [0.25, 0.3) is 0 Å². The summed E-state index contributed by atoms with van der Waals surface area (Å²) in [6.45, 7) is 0. The monoisotopic (exact) mass is 345 g/mol. The molecule has 0 aromatic heterocycles. The molecule has 0 aliphatic rings. The van der Waals surface area contributed by atoms with Crippen molar-refractivity contribution in [1.82, 2.24) is 5.43 Å². The van der Waals surface area contributed by atoms with Gasteiger partial charge < -0.3 is 10.4 Å². The molecule has 7 heteroatoms. The third kappa shape index (κ3) is 5.73. The van der Waals surface area contributed by atoms with Crippen LogP contribution in [0.3, 0.4) is 0 Å². The average Bonchev–Trinajstić information content (AvgIpc) is 2.55. The number of nitrogens with zero attached hydrogens (tertiary/aromatic N) is 1. The zero-order valence-corrected chi connectivity index (χ0v) is 13.5. The lowest BCUT2D eigenvalue weighted by molar-refractivity contribution is -0.124. The number of hydrogen-bond acceptors (Lipinski definition) is 4. The third-order valence-corrected chi connectivity index (χ3v) is 3.33. The van der Waals surface area contributed by atoms with E-state index in [0.717, 1.165) is 0 Å². The molecule has 3 N–H and O–H groups in total. The summed E-state index contributed by atoms with van der Waals surface area (Å²) in [4.78, 5) is 23.4. The van der Waals surface area contributed by atoms with Gasteiger partial charge in [0.15, 0.2) is 0 Å². The molecule has 6 nitrogen and oxygen atoms in total. The van der Waals surface area contributed by atoms with Crippen LogP contribution in [0.4, 0.5) is 5.69 Å². The molecule has 0 unspecified atom stereocenters. The zero-order valence-electron chi connectivity index (χ0n) is 12.7. The third-order valence-electron chi connectivity index (χ3n) is 3.00. The number of phenolic OH excluding ortho intramolecular Hbond substituents is 1.